The molecule has 0 spiro atoms. The van der Waals surface area contributed by atoms with Gasteiger partial charge in [-0.25, -0.2) is 8.42 Å². The Bertz CT molecular complexity index is 917. The number of anilines is 1. The average Bonchev–Trinajstić information content (AvgIpc) is 3.42. The molecule has 1 amide bonds. The molecule has 2 aromatic carbocycles. The Kier molecular flexibility index (Phi) is 5.05. The van der Waals surface area contributed by atoms with Gasteiger partial charge in [0.25, 0.3) is 15.9 Å². The number of carbonyl (C=O) groups is 1. The van der Waals surface area contributed by atoms with Gasteiger partial charge in [0, 0.05) is 17.3 Å². The zero-order valence-electron chi connectivity index (χ0n) is 15.2. The average molecular weight is 372 g/mol. The summed E-state index contributed by atoms with van der Waals surface area (Å²) < 4.78 is 27.6. The van der Waals surface area contributed by atoms with Crippen LogP contribution in [0.4, 0.5) is 5.69 Å². The summed E-state index contributed by atoms with van der Waals surface area (Å²) in [5.41, 5.74) is 2.91. The number of hydrogen-bond acceptors (Lipinski definition) is 3. The Morgan fingerprint density at radius 2 is 1.69 bits per heavy atom. The van der Waals surface area contributed by atoms with E-state index in [9.17, 15) is 13.2 Å². The molecule has 26 heavy (non-hydrogen) atoms. The Morgan fingerprint density at radius 3 is 2.27 bits per heavy atom. The van der Waals surface area contributed by atoms with Gasteiger partial charge in [0.15, 0.2) is 0 Å². The number of benzene rings is 2. The molecule has 1 atom stereocenters. The Hall–Kier alpha value is -2.34. The summed E-state index contributed by atoms with van der Waals surface area (Å²) in [5, 5.41) is 2.99. The predicted octanol–water partition coefficient (Wildman–Crippen LogP) is 3.63. The number of amides is 1. The molecule has 2 aromatic rings. The van der Waals surface area contributed by atoms with Crippen molar-refractivity contribution in [2.75, 3.05) is 4.72 Å². The summed E-state index contributed by atoms with van der Waals surface area (Å²) in [7, 11) is -3.66. The van der Waals surface area contributed by atoms with Crippen LogP contribution in [0.1, 0.15) is 41.3 Å². The molecule has 0 bridgehead atoms. The van der Waals surface area contributed by atoms with Crippen molar-refractivity contribution in [1.82, 2.24) is 5.32 Å². The molecule has 6 heteroatoms. The molecule has 5 nitrogen and oxygen atoms in total. The topological polar surface area (TPSA) is 75.3 Å². The van der Waals surface area contributed by atoms with Gasteiger partial charge in [-0.05, 0) is 87.1 Å². The second-order valence-corrected chi connectivity index (χ2v) is 8.71. The fourth-order valence-electron chi connectivity index (χ4n) is 2.79. The maximum Gasteiger partial charge on any atom is 0.261 e. The fourth-order valence-corrected chi connectivity index (χ4v) is 3.93. The molecule has 3 rings (SSSR count). The van der Waals surface area contributed by atoms with E-state index in [1.54, 1.807) is 42.5 Å². The third-order valence-electron chi connectivity index (χ3n) is 4.88. The van der Waals surface area contributed by atoms with Crippen LogP contribution in [0.2, 0.25) is 0 Å². The maximum atomic E-state index is 12.5. The lowest BCUT2D eigenvalue weighted by Gasteiger charge is -2.13. The third kappa shape index (κ3) is 4.25. The lowest BCUT2D eigenvalue weighted by atomic mass is 10.1. The van der Waals surface area contributed by atoms with Gasteiger partial charge >= 0.3 is 0 Å². The quantitative estimate of drug-likeness (QED) is 0.813. The fraction of sp³-hybridized carbons (Fsp3) is 0.350. The van der Waals surface area contributed by atoms with Crippen molar-refractivity contribution in [2.24, 2.45) is 5.92 Å². The first-order valence-electron chi connectivity index (χ1n) is 8.77. The largest absolute Gasteiger partial charge is 0.349 e. The molecular formula is C20H24N2O3S. The summed E-state index contributed by atoms with van der Waals surface area (Å²) in [4.78, 5) is 12.4. The molecular weight excluding hydrogens is 348 g/mol. The summed E-state index contributed by atoms with van der Waals surface area (Å²) in [6.45, 7) is 5.83. The van der Waals surface area contributed by atoms with Crippen LogP contribution in [-0.2, 0) is 10.0 Å². The highest BCUT2D eigenvalue weighted by atomic mass is 32.2. The molecule has 0 radical (unpaired) electrons. The monoisotopic (exact) mass is 372 g/mol. The van der Waals surface area contributed by atoms with Crippen molar-refractivity contribution < 1.29 is 13.2 Å². The highest BCUT2D eigenvalue weighted by Gasteiger charge is 2.29. The van der Waals surface area contributed by atoms with Crippen LogP contribution in [-0.4, -0.2) is 20.4 Å². The molecule has 0 aromatic heterocycles. The number of nitrogens with one attached hydrogen (secondary N) is 2. The van der Waals surface area contributed by atoms with Gasteiger partial charge in [0.1, 0.15) is 0 Å². The Morgan fingerprint density at radius 1 is 1.04 bits per heavy atom. The van der Waals surface area contributed by atoms with E-state index in [1.165, 1.54) is 12.8 Å². The van der Waals surface area contributed by atoms with E-state index >= 15 is 0 Å². The van der Waals surface area contributed by atoms with Crippen LogP contribution < -0.4 is 10.0 Å². The highest BCUT2D eigenvalue weighted by Crippen LogP contribution is 2.32. The predicted molar refractivity (Wildman–Crippen MR) is 103 cm³/mol. The van der Waals surface area contributed by atoms with E-state index in [2.05, 4.69) is 10.0 Å². The van der Waals surface area contributed by atoms with E-state index in [0.29, 0.717) is 17.2 Å². The highest BCUT2D eigenvalue weighted by molar-refractivity contribution is 7.92. The zero-order valence-corrected chi connectivity index (χ0v) is 16.1. The molecule has 1 aliphatic rings. The molecule has 0 aliphatic heterocycles. The van der Waals surface area contributed by atoms with Crippen LogP contribution in [0.15, 0.2) is 47.4 Å². The molecule has 0 saturated heterocycles. The first-order chi connectivity index (χ1) is 12.3. The minimum atomic E-state index is -3.66. The van der Waals surface area contributed by atoms with Gasteiger partial charge in [-0.2, -0.15) is 0 Å². The van der Waals surface area contributed by atoms with Gasteiger partial charge in [-0.15, -0.1) is 0 Å². The van der Waals surface area contributed by atoms with E-state index in [0.717, 1.165) is 11.1 Å². The van der Waals surface area contributed by atoms with Crippen molar-refractivity contribution in [1.29, 1.82) is 0 Å². The van der Waals surface area contributed by atoms with Crippen LogP contribution in [0, 0.1) is 19.8 Å². The van der Waals surface area contributed by atoms with Gasteiger partial charge in [0.2, 0.25) is 0 Å². The number of rotatable bonds is 6. The van der Waals surface area contributed by atoms with E-state index in [4.69, 9.17) is 0 Å². The van der Waals surface area contributed by atoms with Crippen molar-refractivity contribution in [2.45, 2.75) is 44.6 Å². The maximum absolute atomic E-state index is 12.5. The van der Waals surface area contributed by atoms with Crippen LogP contribution in [0.3, 0.4) is 0 Å². The molecule has 138 valence electrons. The number of sulfonamides is 1. The normalized spacial score (nSPS) is 15.3. The van der Waals surface area contributed by atoms with E-state index in [-0.39, 0.29) is 16.8 Å². The molecule has 0 heterocycles. The van der Waals surface area contributed by atoms with E-state index in [1.807, 2.05) is 20.8 Å². The molecule has 1 aliphatic carbocycles. The molecule has 1 fully saturated rings. The van der Waals surface area contributed by atoms with Gasteiger partial charge in [0.05, 0.1) is 4.90 Å². The summed E-state index contributed by atoms with van der Waals surface area (Å²) >= 11 is 0. The van der Waals surface area contributed by atoms with Gasteiger partial charge in [-0.3, -0.25) is 9.52 Å². The lowest BCUT2D eigenvalue weighted by Crippen LogP contribution is -2.33. The second-order valence-electron chi connectivity index (χ2n) is 7.03. The van der Waals surface area contributed by atoms with Crippen LogP contribution in [0.5, 0.6) is 0 Å². The minimum absolute atomic E-state index is 0.132. The Labute approximate surface area is 154 Å². The minimum Gasteiger partial charge on any atom is -0.349 e. The molecule has 2 N–H and O–H groups in total. The van der Waals surface area contributed by atoms with Gasteiger partial charge < -0.3 is 5.32 Å². The lowest BCUT2D eigenvalue weighted by molar-refractivity contribution is 0.0936. The third-order valence-corrected chi connectivity index (χ3v) is 6.25. The summed E-state index contributed by atoms with van der Waals surface area (Å²) in [6.07, 6.45) is 2.33. The zero-order chi connectivity index (χ0) is 18.9. The van der Waals surface area contributed by atoms with Crippen LogP contribution in [0.25, 0.3) is 0 Å². The Balaban J connectivity index is 1.69. The van der Waals surface area contributed by atoms with Crippen molar-refractivity contribution in [3.05, 3.63) is 59.2 Å². The van der Waals surface area contributed by atoms with E-state index < -0.39 is 10.0 Å². The smallest absolute Gasteiger partial charge is 0.261 e. The molecule has 1 saturated carbocycles. The number of aryl methyl sites for hydroxylation is 2. The van der Waals surface area contributed by atoms with Crippen molar-refractivity contribution in [3.8, 4) is 0 Å². The number of hydrogen-bond donors (Lipinski definition) is 2. The van der Waals surface area contributed by atoms with Crippen molar-refractivity contribution >= 4 is 21.6 Å². The second kappa shape index (κ2) is 7.11. The van der Waals surface area contributed by atoms with Crippen molar-refractivity contribution in [3.63, 3.8) is 0 Å². The summed E-state index contributed by atoms with van der Waals surface area (Å²) in [6, 6.07) is 11.7. The summed E-state index contributed by atoms with van der Waals surface area (Å²) in [5.74, 6) is 0.455. The first kappa shape index (κ1) is 18.5. The number of carbonyl (C=O) groups excluding carboxylic acids is 1. The SMILES string of the molecule is Cc1ccc(S(=O)(=O)Nc2ccc(C(=O)NC(C)C3CC3)cc2)cc1C. The standard InChI is InChI=1S/C20H24N2O3S/c1-13-4-11-19(12-14(13)2)26(24,25)22-18-9-7-17(8-10-18)20(23)21-15(3)16-5-6-16/h4,7-12,15-16,22H,5-6H2,1-3H3,(H,21,23). The first-order valence-corrected chi connectivity index (χ1v) is 10.3. The van der Waals surface area contributed by atoms with Gasteiger partial charge in [-0.1, -0.05) is 6.07 Å². The molecule has 1 unspecified atom stereocenters. The van der Waals surface area contributed by atoms with Crippen LogP contribution >= 0.6 is 0 Å².